The van der Waals surface area contributed by atoms with E-state index in [0.29, 0.717) is 43.4 Å². The Balaban J connectivity index is 2.37. The van der Waals surface area contributed by atoms with E-state index in [4.69, 9.17) is 19.9 Å². The average molecular weight is 283 g/mol. The van der Waals surface area contributed by atoms with Crippen molar-refractivity contribution in [1.29, 1.82) is 0 Å². The Kier molecular flexibility index (Phi) is 7.46. The minimum absolute atomic E-state index is 0.363. The van der Waals surface area contributed by atoms with Crippen molar-refractivity contribution in [2.24, 2.45) is 0 Å². The van der Waals surface area contributed by atoms with Gasteiger partial charge in [0.1, 0.15) is 12.4 Å². The van der Waals surface area contributed by atoms with Gasteiger partial charge in [0.15, 0.2) is 0 Å². The molecule has 0 heterocycles. The molecule has 0 bridgehead atoms. The van der Waals surface area contributed by atoms with E-state index >= 15 is 0 Å². The maximum Gasteiger partial charge on any atom is 0.337 e. The van der Waals surface area contributed by atoms with Crippen LogP contribution in [0.3, 0.4) is 0 Å². The predicted molar refractivity (Wildman–Crippen MR) is 75.0 cm³/mol. The minimum atomic E-state index is -0.425. The highest BCUT2D eigenvalue weighted by Crippen LogP contribution is 2.23. The van der Waals surface area contributed by atoms with Crippen molar-refractivity contribution in [2.75, 3.05) is 46.4 Å². The van der Waals surface area contributed by atoms with Gasteiger partial charge in [-0.3, -0.25) is 0 Å². The van der Waals surface area contributed by atoms with E-state index < -0.39 is 5.97 Å². The Hall–Kier alpha value is -1.79. The first kappa shape index (κ1) is 16.3. The molecule has 112 valence electrons. The number of ether oxygens (including phenoxy) is 4. The van der Waals surface area contributed by atoms with Gasteiger partial charge in [-0.1, -0.05) is 0 Å². The van der Waals surface area contributed by atoms with Crippen LogP contribution in [0.15, 0.2) is 18.2 Å². The van der Waals surface area contributed by atoms with E-state index in [1.807, 2.05) is 0 Å². The monoisotopic (exact) mass is 283 g/mol. The number of anilines is 1. The van der Waals surface area contributed by atoms with Gasteiger partial charge < -0.3 is 24.7 Å². The maximum atomic E-state index is 11.4. The number of hydrogen-bond donors (Lipinski definition) is 1. The van der Waals surface area contributed by atoms with E-state index in [0.717, 1.165) is 6.42 Å². The minimum Gasteiger partial charge on any atom is -0.489 e. The molecule has 0 fully saturated rings. The molecule has 0 radical (unpaired) electrons. The van der Waals surface area contributed by atoms with E-state index in [9.17, 15) is 4.79 Å². The zero-order chi connectivity index (χ0) is 14.8. The zero-order valence-corrected chi connectivity index (χ0v) is 11.9. The van der Waals surface area contributed by atoms with Crippen molar-refractivity contribution in [3.63, 3.8) is 0 Å². The molecule has 2 N–H and O–H groups in total. The van der Waals surface area contributed by atoms with Gasteiger partial charge in [-0.2, -0.15) is 0 Å². The largest absolute Gasteiger partial charge is 0.489 e. The number of rotatable bonds is 9. The van der Waals surface area contributed by atoms with Crippen LogP contribution >= 0.6 is 0 Å². The van der Waals surface area contributed by atoms with Crippen LogP contribution in [-0.4, -0.2) is 46.6 Å². The smallest absolute Gasteiger partial charge is 0.337 e. The number of carbonyl (C=O) groups excluding carboxylic acids is 1. The third-order valence-electron chi connectivity index (χ3n) is 2.56. The van der Waals surface area contributed by atoms with Gasteiger partial charge in [-0.25, -0.2) is 4.79 Å². The fourth-order valence-corrected chi connectivity index (χ4v) is 1.52. The second-order valence-electron chi connectivity index (χ2n) is 4.05. The van der Waals surface area contributed by atoms with Crippen LogP contribution in [0.4, 0.5) is 5.69 Å². The van der Waals surface area contributed by atoms with Crippen LogP contribution in [0.25, 0.3) is 0 Å². The molecule has 0 unspecified atom stereocenters. The molecule has 1 aromatic rings. The lowest BCUT2D eigenvalue weighted by molar-refractivity contribution is 0.0600. The predicted octanol–water partition coefficient (Wildman–Crippen LogP) is 1.49. The Morgan fingerprint density at radius 2 is 1.95 bits per heavy atom. The van der Waals surface area contributed by atoms with E-state index in [2.05, 4.69) is 4.74 Å². The Morgan fingerprint density at radius 1 is 1.15 bits per heavy atom. The summed E-state index contributed by atoms with van der Waals surface area (Å²) in [5.41, 5.74) is 6.65. The number of nitrogens with two attached hydrogens (primary N) is 1. The number of hydrogen-bond acceptors (Lipinski definition) is 6. The van der Waals surface area contributed by atoms with Gasteiger partial charge in [0.2, 0.25) is 0 Å². The van der Waals surface area contributed by atoms with Crippen LogP contribution in [0, 0.1) is 0 Å². The number of esters is 1. The molecule has 0 aromatic heterocycles. The molecule has 0 spiro atoms. The van der Waals surface area contributed by atoms with Gasteiger partial charge in [-0.15, -0.1) is 0 Å². The van der Waals surface area contributed by atoms with Crippen LogP contribution < -0.4 is 10.5 Å². The average Bonchev–Trinajstić information content (AvgIpc) is 2.47. The van der Waals surface area contributed by atoms with Crippen molar-refractivity contribution in [3.05, 3.63) is 23.8 Å². The van der Waals surface area contributed by atoms with Gasteiger partial charge in [0.05, 0.1) is 25.0 Å². The molecule has 0 aliphatic heterocycles. The van der Waals surface area contributed by atoms with Crippen molar-refractivity contribution < 1.29 is 23.7 Å². The molecule has 20 heavy (non-hydrogen) atoms. The summed E-state index contributed by atoms with van der Waals surface area (Å²) in [6.07, 6.45) is 0.844. The van der Waals surface area contributed by atoms with Gasteiger partial charge in [0.25, 0.3) is 0 Å². The first-order chi connectivity index (χ1) is 9.69. The fraction of sp³-hybridized carbons (Fsp3) is 0.500. The summed E-state index contributed by atoms with van der Waals surface area (Å²) in [6, 6.07) is 4.77. The molecular weight excluding hydrogens is 262 g/mol. The normalized spacial score (nSPS) is 10.3. The number of carbonyl (C=O) groups is 1. The summed E-state index contributed by atoms with van der Waals surface area (Å²) < 4.78 is 20.4. The number of benzene rings is 1. The molecule has 0 amide bonds. The SMILES string of the molecule is COCCCOCCOc1cc(C(=O)OC)ccc1N. The molecule has 1 rings (SSSR count). The summed E-state index contributed by atoms with van der Waals surface area (Å²) in [5, 5.41) is 0. The molecule has 0 saturated heterocycles. The summed E-state index contributed by atoms with van der Waals surface area (Å²) in [7, 11) is 2.98. The quantitative estimate of drug-likeness (QED) is 0.420. The summed E-state index contributed by atoms with van der Waals surface area (Å²) in [6.45, 7) is 2.11. The standard InChI is InChI=1S/C14H21NO5/c1-17-6-3-7-19-8-9-20-13-10-11(14(16)18-2)4-5-12(13)15/h4-5,10H,3,6-9,15H2,1-2H3. The third-order valence-corrected chi connectivity index (χ3v) is 2.56. The summed E-state index contributed by atoms with van der Waals surface area (Å²) >= 11 is 0. The van der Waals surface area contributed by atoms with Crippen molar-refractivity contribution >= 4 is 11.7 Å². The van der Waals surface area contributed by atoms with E-state index in [1.54, 1.807) is 25.3 Å². The molecular formula is C14H21NO5. The Labute approximate surface area is 118 Å². The molecule has 0 aliphatic carbocycles. The fourth-order valence-electron chi connectivity index (χ4n) is 1.52. The number of methoxy groups -OCH3 is 2. The molecule has 1 aromatic carbocycles. The number of nitrogen functional groups attached to an aromatic ring is 1. The molecule has 0 saturated carbocycles. The first-order valence-electron chi connectivity index (χ1n) is 6.36. The second-order valence-corrected chi connectivity index (χ2v) is 4.05. The van der Waals surface area contributed by atoms with Crippen molar-refractivity contribution in [1.82, 2.24) is 0 Å². The van der Waals surface area contributed by atoms with Crippen LogP contribution in [-0.2, 0) is 14.2 Å². The molecule has 0 atom stereocenters. The lowest BCUT2D eigenvalue weighted by Crippen LogP contribution is -2.10. The van der Waals surface area contributed by atoms with Crippen molar-refractivity contribution in [3.8, 4) is 5.75 Å². The molecule has 6 nitrogen and oxygen atoms in total. The van der Waals surface area contributed by atoms with Gasteiger partial charge in [0, 0.05) is 20.3 Å². The molecule has 6 heteroatoms. The Morgan fingerprint density at radius 3 is 2.65 bits per heavy atom. The lowest BCUT2D eigenvalue weighted by Gasteiger charge is -2.10. The van der Waals surface area contributed by atoms with E-state index in [-0.39, 0.29) is 0 Å². The molecule has 0 aliphatic rings. The van der Waals surface area contributed by atoms with Crippen LogP contribution in [0.1, 0.15) is 16.8 Å². The highest BCUT2D eigenvalue weighted by molar-refractivity contribution is 5.90. The summed E-state index contributed by atoms with van der Waals surface area (Å²) in [5.74, 6) is 0.0269. The van der Waals surface area contributed by atoms with Crippen LogP contribution in [0.2, 0.25) is 0 Å². The third kappa shape index (κ3) is 5.46. The van der Waals surface area contributed by atoms with E-state index in [1.165, 1.54) is 7.11 Å². The van der Waals surface area contributed by atoms with Crippen LogP contribution in [0.5, 0.6) is 5.75 Å². The summed E-state index contributed by atoms with van der Waals surface area (Å²) in [4.78, 5) is 11.4. The Bertz CT molecular complexity index is 422. The highest BCUT2D eigenvalue weighted by Gasteiger charge is 2.09. The van der Waals surface area contributed by atoms with Crippen molar-refractivity contribution in [2.45, 2.75) is 6.42 Å². The second kappa shape index (κ2) is 9.17. The van der Waals surface area contributed by atoms with Gasteiger partial charge in [-0.05, 0) is 24.6 Å². The van der Waals surface area contributed by atoms with Gasteiger partial charge >= 0.3 is 5.97 Å². The first-order valence-corrected chi connectivity index (χ1v) is 6.36. The highest BCUT2D eigenvalue weighted by atomic mass is 16.5. The maximum absolute atomic E-state index is 11.4. The zero-order valence-electron chi connectivity index (χ0n) is 11.9. The lowest BCUT2D eigenvalue weighted by atomic mass is 10.2. The topological polar surface area (TPSA) is 80.0 Å².